The third kappa shape index (κ3) is 9.18. The van der Waals surface area contributed by atoms with Gasteiger partial charge in [0.25, 0.3) is 0 Å². The molecule has 0 fully saturated rings. The van der Waals surface area contributed by atoms with Crippen LogP contribution in [-0.2, 0) is 13.6 Å². The van der Waals surface area contributed by atoms with Gasteiger partial charge >= 0.3 is 6.18 Å². The Morgan fingerprint density at radius 3 is 2.40 bits per heavy atom. The maximum absolute atomic E-state index is 12.4. The molecule has 0 bridgehead atoms. The van der Waals surface area contributed by atoms with Crippen molar-refractivity contribution in [3.63, 3.8) is 0 Å². The van der Waals surface area contributed by atoms with Crippen molar-refractivity contribution in [1.29, 1.82) is 0 Å². The molecule has 0 aliphatic rings. The van der Waals surface area contributed by atoms with Gasteiger partial charge in [-0.2, -0.15) is 13.2 Å². The van der Waals surface area contributed by atoms with Crippen molar-refractivity contribution in [1.82, 2.24) is 25.4 Å². The average molecular weight is 539 g/mol. The summed E-state index contributed by atoms with van der Waals surface area (Å²) in [5, 5.41) is 13.8. The van der Waals surface area contributed by atoms with E-state index in [0.29, 0.717) is 18.3 Å². The zero-order valence-electron chi connectivity index (χ0n) is 17.4. The molecule has 168 valence electrons. The smallest absolute Gasteiger partial charge is 0.375 e. The van der Waals surface area contributed by atoms with E-state index in [-0.39, 0.29) is 37.1 Å². The summed E-state index contributed by atoms with van der Waals surface area (Å²) < 4.78 is 39.1. The van der Waals surface area contributed by atoms with Gasteiger partial charge in [0.1, 0.15) is 12.4 Å². The van der Waals surface area contributed by atoms with Gasteiger partial charge in [-0.3, -0.25) is 0 Å². The molecule has 1 heterocycles. The lowest BCUT2D eigenvalue weighted by Crippen LogP contribution is -2.40. The van der Waals surface area contributed by atoms with Crippen molar-refractivity contribution in [3.8, 4) is 0 Å². The van der Waals surface area contributed by atoms with Crippen LogP contribution in [0.2, 0.25) is 0 Å². The maximum Gasteiger partial charge on any atom is 0.390 e. The lowest BCUT2D eigenvalue weighted by Gasteiger charge is -2.20. The van der Waals surface area contributed by atoms with E-state index in [1.54, 1.807) is 4.57 Å². The Balaban J connectivity index is 0.00000450. The number of aliphatic imine (C=N–C) groups is 1. The average Bonchev–Trinajstić information content (AvgIpc) is 3.00. The number of para-hydroxylation sites is 1. The standard InChI is InChI=1S/C19H28F3N7.HI/c1-15-26-27-17(29(15)3)14-25-18(24-12-10-19(20,21)22)23-11-7-13-28(2)16-8-5-4-6-9-16;/h4-6,8-9H,7,10-14H2,1-3H3,(H2,23,24,25);1H. The molecule has 11 heteroatoms. The molecular weight excluding hydrogens is 510 g/mol. The van der Waals surface area contributed by atoms with E-state index < -0.39 is 12.6 Å². The molecule has 0 unspecified atom stereocenters. The Hall–Kier alpha value is -2.05. The fourth-order valence-corrected chi connectivity index (χ4v) is 2.57. The van der Waals surface area contributed by atoms with Gasteiger partial charge in [-0.25, -0.2) is 4.99 Å². The quantitative estimate of drug-likeness (QED) is 0.222. The first-order valence-electron chi connectivity index (χ1n) is 9.46. The second-order valence-electron chi connectivity index (χ2n) is 6.72. The highest BCUT2D eigenvalue weighted by Gasteiger charge is 2.26. The predicted molar refractivity (Wildman–Crippen MR) is 123 cm³/mol. The van der Waals surface area contributed by atoms with Crippen LogP contribution in [0.25, 0.3) is 0 Å². The number of guanidine groups is 1. The summed E-state index contributed by atoms with van der Waals surface area (Å²) in [6, 6.07) is 9.98. The first-order valence-corrected chi connectivity index (χ1v) is 9.46. The highest BCUT2D eigenvalue weighted by Crippen LogP contribution is 2.18. The molecule has 0 saturated heterocycles. The van der Waals surface area contributed by atoms with Crippen molar-refractivity contribution in [2.45, 2.75) is 32.5 Å². The number of alkyl halides is 3. The number of nitrogens with one attached hydrogen (secondary N) is 2. The second kappa shape index (κ2) is 12.6. The van der Waals surface area contributed by atoms with Gasteiger partial charge in [0.05, 0.1) is 6.42 Å². The van der Waals surface area contributed by atoms with Crippen LogP contribution in [0.4, 0.5) is 18.9 Å². The van der Waals surface area contributed by atoms with Crippen LogP contribution in [0.15, 0.2) is 35.3 Å². The van der Waals surface area contributed by atoms with Gasteiger partial charge in [-0.1, -0.05) is 18.2 Å². The minimum Gasteiger partial charge on any atom is -0.375 e. The Morgan fingerprint density at radius 1 is 1.13 bits per heavy atom. The van der Waals surface area contributed by atoms with Gasteiger partial charge in [-0.15, -0.1) is 34.2 Å². The van der Waals surface area contributed by atoms with Crippen molar-refractivity contribution < 1.29 is 13.2 Å². The number of hydrogen-bond acceptors (Lipinski definition) is 4. The lowest BCUT2D eigenvalue weighted by atomic mass is 10.3. The Morgan fingerprint density at radius 2 is 1.80 bits per heavy atom. The molecule has 0 spiro atoms. The van der Waals surface area contributed by atoms with Crippen molar-refractivity contribution in [2.24, 2.45) is 12.0 Å². The van der Waals surface area contributed by atoms with Crippen molar-refractivity contribution in [2.75, 3.05) is 31.6 Å². The predicted octanol–water partition coefficient (Wildman–Crippen LogP) is 3.26. The normalized spacial score (nSPS) is 11.7. The highest BCUT2D eigenvalue weighted by molar-refractivity contribution is 14.0. The molecule has 0 aliphatic carbocycles. The molecule has 0 atom stereocenters. The molecule has 2 rings (SSSR count). The molecule has 1 aromatic carbocycles. The monoisotopic (exact) mass is 539 g/mol. The molecular formula is C19H29F3IN7. The number of rotatable bonds is 9. The van der Waals surface area contributed by atoms with Crippen LogP contribution in [-0.4, -0.2) is 53.6 Å². The van der Waals surface area contributed by atoms with Gasteiger partial charge in [0.15, 0.2) is 11.8 Å². The second-order valence-corrected chi connectivity index (χ2v) is 6.72. The van der Waals surface area contributed by atoms with Crippen LogP contribution < -0.4 is 15.5 Å². The van der Waals surface area contributed by atoms with E-state index in [4.69, 9.17) is 0 Å². The van der Waals surface area contributed by atoms with Crippen LogP contribution in [0, 0.1) is 6.92 Å². The third-order valence-corrected chi connectivity index (χ3v) is 4.42. The van der Waals surface area contributed by atoms with Gasteiger partial charge < -0.3 is 20.1 Å². The Labute approximate surface area is 192 Å². The molecule has 0 saturated carbocycles. The molecule has 30 heavy (non-hydrogen) atoms. The van der Waals surface area contributed by atoms with E-state index in [1.165, 1.54) is 0 Å². The Bertz CT molecular complexity index is 778. The number of hydrogen-bond donors (Lipinski definition) is 2. The van der Waals surface area contributed by atoms with Crippen molar-refractivity contribution >= 4 is 35.6 Å². The first-order chi connectivity index (χ1) is 13.8. The number of anilines is 1. The highest BCUT2D eigenvalue weighted by atomic mass is 127. The first kappa shape index (κ1) is 26.0. The molecule has 2 N–H and O–H groups in total. The SMILES string of the molecule is Cc1nnc(CN=C(NCCCN(C)c2ccccc2)NCCC(F)(F)F)n1C.I. The van der Waals surface area contributed by atoms with Crippen LogP contribution in [0.5, 0.6) is 0 Å². The molecule has 0 aliphatic heterocycles. The van der Waals surface area contributed by atoms with Gasteiger partial charge in [0, 0.05) is 39.4 Å². The summed E-state index contributed by atoms with van der Waals surface area (Å²) in [4.78, 5) is 6.48. The third-order valence-electron chi connectivity index (χ3n) is 4.42. The van der Waals surface area contributed by atoms with Crippen LogP contribution in [0.3, 0.4) is 0 Å². The fraction of sp³-hybridized carbons (Fsp3) is 0.526. The minimum absolute atomic E-state index is 0. The summed E-state index contributed by atoms with van der Waals surface area (Å²) >= 11 is 0. The molecule has 7 nitrogen and oxygen atoms in total. The lowest BCUT2D eigenvalue weighted by molar-refractivity contribution is -0.132. The molecule has 0 amide bonds. The number of halogens is 4. The fourth-order valence-electron chi connectivity index (χ4n) is 2.57. The number of nitrogens with zero attached hydrogens (tertiary/aromatic N) is 5. The number of benzene rings is 1. The van der Waals surface area contributed by atoms with E-state index in [0.717, 1.165) is 24.5 Å². The van der Waals surface area contributed by atoms with E-state index in [1.807, 2.05) is 51.4 Å². The van der Waals surface area contributed by atoms with Crippen molar-refractivity contribution in [3.05, 3.63) is 42.0 Å². The summed E-state index contributed by atoms with van der Waals surface area (Å²) in [5.74, 6) is 1.72. The van der Waals surface area contributed by atoms with Crippen LogP contribution >= 0.6 is 24.0 Å². The minimum atomic E-state index is -4.21. The Kier molecular flexibility index (Phi) is 10.9. The largest absolute Gasteiger partial charge is 0.390 e. The molecule has 2 aromatic rings. The summed E-state index contributed by atoms with van der Waals surface area (Å²) in [7, 11) is 3.83. The zero-order valence-corrected chi connectivity index (χ0v) is 19.7. The van der Waals surface area contributed by atoms with Crippen LogP contribution in [0.1, 0.15) is 24.5 Å². The number of aromatic nitrogens is 3. The zero-order chi connectivity index (χ0) is 21.3. The van der Waals surface area contributed by atoms with E-state index in [9.17, 15) is 13.2 Å². The molecule has 1 aromatic heterocycles. The summed E-state index contributed by atoms with van der Waals surface area (Å²) in [6.07, 6.45) is -4.33. The topological polar surface area (TPSA) is 70.4 Å². The van der Waals surface area contributed by atoms with E-state index >= 15 is 0 Å². The van der Waals surface area contributed by atoms with Gasteiger partial charge in [-0.05, 0) is 25.5 Å². The number of aryl methyl sites for hydroxylation is 1. The van der Waals surface area contributed by atoms with E-state index in [2.05, 4.69) is 30.7 Å². The summed E-state index contributed by atoms with van der Waals surface area (Å²) in [6.45, 7) is 3.19. The van der Waals surface area contributed by atoms with Gasteiger partial charge in [0.2, 0.25) is 0 Å². The molecule has 0 radical (unpaired) electrons. The summed E-state index contributed by atoms with van der Waals surface area (Å²) in [5.41, 5.74) is 1.11. The maximum atomic E-state index is 12.4.